The van der Waals surface area contributed by atoms with Crippen LogP contribution in [0.2, 0.25) is 0 Å². The van der Waals surface area contributed by atoms with Crippen molar-refractivity contribution in [3.05, 3.63) is 74.9 Å². The summed E-state index contributed by atoms with van der Waals surface area (Å²) in [4.78, 5) is 3.03. The molecule has 3 heterocycles. The number of nitrogens with zero attached hydrogens (tertiary/aromatic N) is 3. The fourth-order valence-electron chi connectivity index (χ4n) is 3.38. The highest BCUT2D eigenvalue weighted by molar-refractivity contribution is 14.1. The molecule has 1 aliphatic rings. The lowest BCUT2D eigenvalue weighted by molar-refractivity contribution is -0.141. The van der Waals surface area contributed by atoms with Crippen LogP contribution in [0.4, 0.5) is 13.2 Å². The van der Waals surface area contributed by atoms with E-state index in [9.17, 15) is 21.6 Å². The summed E-state index contributed by atoms with van der Waals surface area (Å²) >= 11 is 2.14. The second-order valence-electron chi connectivity index (χ2n) is 6.47. The van der Waals surface area contributed by atoms with Crippen molar-refractivity contribution >= 4 is 32.6 Å². The molecule has 0 bridgehead atoms. The number of hydrogen-bond donors (Lipinski definition) is 1. The number of pyridine rings is 1. The molecule has 152 valence electrons. The molecule has 0 amide bonds. The van der Waals surface area contributed by atoms with Crippen molar-refractivity contribution in [3.8, 4) is 0 Å². The first-order valence-corrected chi connectivity index (χ1v) is 11.0. The van der Waals surface area contributed by atoms with Crippen molar-refractivity contribution < 1.29 is 21.6 Å². The fourth-order valence-corrected chi connectivity index (χ4v) is 5.59. The molecule has 29 heavy (non-hydrogen) atoms. The number of hydrogen-bond acceptors (Lipinski definition) is 4. The maximum Gasteiger partial charge on any atom is 0.433 e. The Hall–Kier alpha value is -1.99. The van der Waals surface area contributed by atoms with Crippen LogP contribution in [-0.4, -0.2) is 34.4 Å². The number of alkyl halides is 3. The Balaban J connectivity index is 1.81. The van der Waals surface area contributed by atoms with Gasteiger partial charge in [0.15, 0.2) is 0 Å². The van der Waals surface area contributed by atoms with Gasteiger partial charge in [-0.3, -0.25) is 10.1 Å². The molecule has 0 saturated heterocycles. The van der Waals surface area contributed by atoms with Crippen LogP contribution in [-0.2, 0) is 22.6 Å². The summed E-state index contributed by atoms with van der Waals surface area (Å²) in [6, 6.07) is 8.36. The molecule has 4 rings (SSSR count). The number of H-pyrrole nitrogens is 1. The highest BCUT2D eigenvalue weighted by Crippen LogP contribution is 2.39. The second kappa shape index (κ2) is 7.36. The Bertz CT molecular complexity index is 1150. The van der Waals surface area contributed by atoms with Crippen molar-refractivity contribution in [2.24, 2.45) is 0 Å². The second-order valence-corrected chi connectivity index (χ2v) is 9.52. The van der Waals surface area contributed by atoms with Crippen LogP contribution >= 0.6 is 22.6 Å². The fraction of sp³-hybridized carbons (Fsp3) is 0.222. The third kappa shape index (κ3) is 3.66. The number of sulfonamides is 1. The van der Waals surface area contributed by atoms with E-state index in [0.29, 0.717) is 12.5 Å². The monoisotopic (exact) mass is 534 g/mol. The quantitative estimate of drug-likeness (QED) is 0.520. The van der Waals surface area contributed by atoms with Crippen LogP contribution in [0.15, 0.2) is 53.7 Å². The van der Waals surface area contributed by atoms with Gasteiger partial charge in [-0.25, -0.2) is 8.42 Å². The van der Waals surface area contributed by atoms with Gasteiger partial charge in [0.1, 0.15) is 10.6 Å². The lowest BCUT2D eigenvalue weighted by Crippen LogP contribution is -2.40. The highest BCUT2D eigenvalue weighted by Gasteiger charge is 2.40. The van der Waals surface area contributed by atoms with E-state index in [0.717, 1.165) is 32.7 Å². The van der Waals surface area contributed by atoms with Gasteiger partial charge < -0.3 is 0 Å². The molecular weight excluding hydrogens is 520 g/mol. The SMILES string of the molecule is O=S(=O)(c1ccc(C(F)(F)F)nc1)N1CCc2[nH]ncc2C1c1ccccc1I. The van der Waals surface area contributed by atoms with E-state index < -0.39 is 27.9 Å². The zero-order valence-electron chi connectivity index (χ0n) is 14.7. The Labute approximate surface area is 178 Å². The van der Waals surface area contributed by atoms with Crippen molar-refractivity contribution in [3.63, 3.8) is 0 Å². The third-order valence-corrected chi connectivity index (χ3v) is 7.58. The summed E-state index contributed by atoms with van der Waals surface area (Å²) in [5, 5.41) is 6.95. The van der Waals surface area contributed by atoms with Gasteiger partial charge >= 0.3 is 6.18 Å². The van der Waals surface area contributed by atoms with Gasteiger partial charge in [0.05, 0.1) is 12.2 Å². The molecule has 0 radical (unpaired) electrons. The predicted molar refractivity (Wildman–Crippen MR) is 106 cm³/mol. The van der Waals surface area contributed by atoms with E-state index in [-0.39, 0.29) is 11.4 Å². The minimum absolute atomic E-state index is 0.161. The summed E-state index contributed by atoms with van der Waals surface area (Å²) in [7, 11) is -4.10. The normalized spacial score (nSPS) is 17.9. The topological polar surface area (TPSA) is 79.0 Å². The Morgan fingerprint density at radius 3 is 2.52 bits per heavy atom. The zero-order chi connectivity index (χ0) is 20.8. The third-order valence-electron chi connectivity index (χ3n) is 4.75. The summed E-state index contributed by atoms with van der Waals surface area (Å²) < 4.78 is 67.2. The van der Waals surface area contributed by atoms with Gasteiger partial charge in [-0.2, -0.15) is 22.6 Å². The maximum absolute atomic E-state index is 13.3. The molecule has 0 saturated carbocycles. The molecular formula is C18H14F3IN4O2S. The summed E-state index contributed by atoms with van der Waals surface area (Å²) in [5.74, 6) is 0. The smallest absolute Gasteiger partial charge is 0.282 e. The molecule has 0 spiro atoms. The molecule has 3 aromatic rings. The first-order chi connectivity index (χ1) is 13.7. The molecule has 0 aliphatic carbocycles. The molecule has 0 fully saturated rings. The first-order valence-electron chi connectivity index (χ1n) is 8.51. The number of aromatic nitrogens is 3. The van der Waals surface area contributed by atoms with Gasteiger partial charge in [-0.05, 0) is 46.4 Å². The zero-order valence-corrected chi connectivity index (χ0v) is 17.7. The Morgan fingerprint density at radius 1 is 1.10 bits per heavy atom. The molecule has 6 nitrogen and oxygen atoms in total. The molecule has 1 N–H and O–H groups in total. The van der Waals surface area contributed by atoms with Gasteiger partial charge in [0, 0.05) is 34.0 Å². The largest absolute Gasteiger partial charge is 0.433 e. The van der Waals surface area contributed by atoms with E-state index in [1.807, 2.05) is 24.3 Å². The molecule has 2 aromatic heterocycles. The van der Waals surface area contributed by atoms with Crippen LogP contribution in [0.25, 0.3) is 0 Å². The Kier molecular flexibility index (Phi) is 5.15. The lowest BCUT2D eigenvalue weighted by Gasteiger charge is -2.35. The van der Waals surface area contributed by atoms with E-state index in [1.54, 1.807) is 6.20 Å². The minimum atomic E-state index is -4.64. The van der Waals surface area contributed by atoms with Crippen LogP contribution in [0.5, 0.6) is 0 Å². The van der Waals surface area contributed by atoms with E-state index in [4.69, 9.17) is 0 Å². The van der Waals surface area contributed by atoms with Gasteiger partial charge in [0.2, 0.25) is 10.0 Å². The standard InChI is InChI=1S/C18H14F3IN4O2S/c19-18(20,21)16-6-5-11(9-23-16)29(27,28)26-8-7-15-13(10-24-25-15)17(26)12-3-1-2-4-14(12)22/h1-6,9-10,17H,7-8H2,(H,24,25). The molecule has 1 atom stereocenters. The van der Waals surface area contributed by atoms with E-state index in [1.165, 1.54) is 4.31 Å². The maximum atomic E-state index is 13.3. The van der Waals surface area contributed by atoms with Crippen molar-refractivity contribution in [2.45, 2.75) is 23.5 Å². The minimum Gasteiger partial charge on any atom is -0.282 e. The van der Waals surface area contributed by atoms with Crippen LogP contribution in [0, 0.1) is 3.57 Å². The average Bonchev–Trinajstić information content (AvgIpc) is 3.16. The summed E-state index contributed by atoms with van der Waals surface area (Å²) in [6.07, 6.45) is -1.86. The highest BCUT2D eigenvalue weighted by atomic mass is 127. The van der Waals surface area contributed by atoms with Crippen molar-refractivity contribution in [1.82, 2.24) is 19.5 Å². The number of fused-ring (bicyclic) bond motifs is 1. The number of benzene rings is 1. The number of halogens is 4. The average molecular weight is 534 g/mol. The van der Waals surface area contributed by atoms with E-state index >= 15 is 0 Å². The first kappa shape index (κ1) is 20.3. The van der Waals surface area contributed by atoms with Gasteiger partial charge in [-0.15, -0.1) is 0 Å². The number of rotatable bonds is 3. The molecule has 1 unspecified atom stereocenters. The van der Waals surface area contributed by atoms with Gasteiger partial charge in [0.25, 0.3) is 0 Å². The van der Waals surface area contributed by atoms with Crippen molar-refractivity contribution in [2.75, 3.05) is 6.54 Å². The number of nitrogens with one attached hydrogen (secondary N) is 1. The molecule has 1 aromatic carbocycles. The predicted octanol–water partition coefficient (Wildman–Crippen LogP) is 3.76. The molecule has 1 aliphatic heterocycles. The Morgan fingerprint density at radius 2 is 1.86 bits per heavy atom. The summed E-state index contributed by atoms with van der Waals surface area (Å²) in [5.41, 5.74) is 1.20. The van der Waals surface area contributed by atoms with Crippen LogP contribution in [0.1, 0.15) is 28.6 Å². The number of aromatic amines is 1. The van der Waals surface area contributed by atoms with Crippen LogP contribution < -0.4 is 0 Å². The van der Waals surface area contributed by atoms with Crippen LogP contribution in [0.3, 0.4) is 0 Å². The molecule has 11 heteroatoms. The summed E-state index contributed by atoms with van der Waals surface area (Å²) in [6.45, 7) is 0.161. The van der Waals surface area contributed by atoms with E-state index in [2.05, 4.69) is 37.8 Å². The van der Waals surface area contributed by atoms with Gasteiger partial charge in [-0.1, -0.05) is 18.2 Å². The van der Waals surface area contributed by atoms with Crippen molar-refractivity contribution in [1.29, 1.82) is 0 Å². The lowest BCUT2D eigenvalue weighted by atomic mass is 9.95.